The molecule has 0 saturated heterocycles. The summed E-state index contributed by atoms with van der Waals surface area (Å²) >= 11 is 1.81. The minimum absolute atomic E-state index is 0.0945. The van der Waals surface area contributed by atoms with Crippen LogP contribution in [-0.4, -0.2) is 19.5 Å². The molecular weight excluding hydrogens is 689 g/mol. The molecule has 10 aromatic rings. The molecule has 0 atom stereocenters. The van der Waals surface area contributed by atoms with Crippen LogP contribution in [0.25, 0.3) is 93.0 Å². The molecule has 0 N–H and O–H groups in total. The maximum Gasteiger partial charge on any atom is 0.164 e. The molecule has 3 heterocycles. The van der Waals surface area contributed by atoms with Gasteiger partial charge < -0.3 is 4.57 Å². The molecular formula is C50H34N4S. The van der Waals surface area contributed by atoms with E-state index in [1.165, 1.54) is 89.9 Å². The van der Waals surface area contributed by atoms with Crippen LogP contribution in [0.3, 0.4) is 0 Å². The summed E-state index contributed by atoms with van der Waals surface area (Å²) in [5.74, 6) is 1.99. The van der Waals surface area contributed by atoms with Crippen LogP contribution in [0.1, 0.15) is 36.8 Å². The Morgan fingerprint density at radius 1 is 0.436 bits per heavy atom. The highest BCUT2D eigenvalue weighted by atomic mass is 32.1. The van der Waals surface area contributed by atoms with Gasteiger partial charge in [0.15, 0.2) is 17.5 Å². The van der Waals surface area contributed by atoms with Gasteiger partial charge in [-0.15, -0.1) is 11.3 Å². The van der Waals surface area contributed by atoms with Crippen molar-refractivity contribution < 1.29 is 0 Å². The van der Waals surface area contributed by atoms with Gasteiger partial charge in [-0.2, -0.15) is 0 Å². The zero-order valence-electron chi connectivity index (χ0n) is 30.0. The first-order valence-electron chi connectivity index (χ1n) is 19.2. The van der Waals surface area contributed by atoms with Gasteiger partial charge in [-0.05, 0) is 77.6 Å². The second-order valence-electron chi connectivity index (χ2n) is 15.1. The lowest BCUT2D eigenvalue weighted by Gasteiger charge is -2.26. The van der Waals surface area contributed by atoms with Crippen LogP contribution in [-0.2, 0) is 5.41 Å². The summed E-state index contributed by atoms with van der Waals surface area (Å²) in [5.41, 5.74) is 12.3. The molecule has 55 heavy (non-hydrogen) atoms. The molecule has 0 amide bonds. The van der Waals surface area contributed by atoms with Crippen molar-refractivity contribution in [2.24, 2.45) is 0 Å². The van der Waals surface area contributed by atoms with Crippen molar-refractivity contribution in [3.63, 3.8) is 0 Å². The van der Waals surface area contributed by atoms with Crippen LogP contribution in [0.15, 0.2) is 158 Å². The molecule has 1 spiro atoms. The average molecular weight is 723 g/mol. The fraction of sp³-hybridized carbons (Fsp3) is 0.100. The number of hydrogen-bond acceptors (Lipinski definition) is 4. The highest BCUT2D eigenvalue weighted by Crippen LogP contribution is 2.58. The summed E-state index contributed by atoms with van der Waals surface area (Å²) in [4.78, 5) is 15.4. The van der Waals surface area contributed by atoms with Gasteiger partial charge in [0, 0.05) is 58.7 Å². The quantitative estimate of drug-likeness (QED) is 0.182. The normalized spacial score (nSPS) is 14.4. The van der Waals surface area contributed by atoms with E-state index in [1.54, 1.807) is 0 Å². The Bertz CT molecular complexity index is 3170. The molecule has 0 bridgehead atoms. The first-order chi connectivity index (χ1) is 27.2. The van der Waals surface area contributed by atoms with E-state index in [-0.39, 0.29) is 5.41 Å². The topological polar surface area (TPSA) is 43.6 Å². The predicted octanol–water partition coefficient (Wildman–Crippen LogP) is 13.2. The number of hydrogen-bond donors (Lipinski definition) is 0. The van der Waals surface area contributed by atoms with E-state index in [9.17, 15) is 0 Å². The second-order valence-corrected chi connectivity index (χ2v) is 16.2. The van der Waals surface area contributed by atoms with Crippen molar-refractivity contribution in [3.8, 4) is 51.0 Å². The molecule has 12 rings (SSSR count). The van der Waals surface area contributed by atoms with E-state index in [2.05, 4.69) is 144 Å². The number of thiophene rings is 1. The second kappa shape index (κ2) is 11.8. The van der Waals surface area contributed by atoms with Crippen molar-refractivity contribution >= 4 is 53.3 Å². The first kappa shape index (κ1) is 31.0. The van der Waals surface area contributed by atoms with E-state index in [4.69, 9.17) is 15.0 Å². The van der Waals surface area contributed by atoms with Gasteiger partial charge in [0.1, 0.15) is 0 Å². The van der Waals surface area contributed by atoms with Gasteiger partial charge in [0.05, 0.1) is 11.0 Å². The zero-order chi connectivity index (χ0) is 36.1. The van der Waals surface area contributed by atoms with E-state index in [0.717, 1.165) is 22.4 Å². The fourth-order valence-corrected chi connectivity index (χ4v) is 10.9. The van der Waals surface area contributed by atoms with Gasteiger partial charge in [-0.3, -0.25) is 0 Å². The number of rotatable bonds is 4. The molecule has 260 valence electrons. The fourth-order valence-electron chi connectivity index (χ4n) is 9.71. The van der Waals surface area contributed by atoms with E-state index < -0.39 is 0 Å². The minimum Gasteiger partial charge on any atom is -0.309 e. The molecule has 2 aliphatic carbocycles. The van der Waals surface area contributed by atoms with Crippen molar-refractivity contribution in [1.82, 2.24) is 19.5 Å². The maximum atomic E-state index is 5.20. The van der Waals surface area contributed by atoms with Crippen molar-refractivity contribution in [1.29, 1.82) is 0 Å². The van der Waals surface area contributed by atoms with Crippen LogP contribution in [0.4, 0.5) is 0 Å². The molecule has 0 aliphatic heterocycles. The lowest BCUT2D eigenvalue weighted by molar-refractivity contribution is 0.550. The SMILES string of the molecule is c1ccc(-c2nc(-c3cccc(-n4c5ccccc5c5cc6c(cc54)C4(CCCC4)c4ccccc4-6)c3)nc(-c3ccc4c(c3)sc3ccccc34)n2)cc1. The molecule has 5 heteroatoms. The molecule has 4 nitrogen and oxygen atoms in total. The third-order valence-electron chi connectivity index (χ3n) is 12.2. The molecule has 7 aromatic carbocycles. The molecule has 1 saturated carbocycles. The van der Waals surface area contributed by atoms with Crippen LogP contribution in [0.2, 0.25) is 0 Å². The van der Waals surface area contributed by atoms with E-state index >= 15 is 0 Å². The third-order valence-corrected chi connectivity index (χ3v) is 13.3. The number of para-hydroxylation sites is 1. The Morgan fingerprint density at radius 3 is 1.96 bits per heavy atom. The Kier molecular flexibility index (Phi) is 6.64. The summed E-state index contributed by atoms with van der Waals surface area (Å²) in [6.45, 7) is 0. The average Bonchev–Trinajstić information content (AvgIpc) is 4.02. The highest BCUT2D eigenvalue weighted by Gasteiger charge is 2.45. The molecule has 2 aliphatic rings. The van der Waals surface area contributed by atoms with E-state index in [0.29, 0.717) is 17.5 Å². The Hall–Kier alpha value is -6.43. The minimum atomic E-state index is 0.0945. The number of nitrogens with zero attached hydrogens (tertiary/aromatic N) is 4. The summed E-state index contributed by atoms with van der Waals surface area (Å²) in [5, 5.41) is 5.09. The first-order valence-corrected chi connectivity index (χ1v) is 20.1. The lowest BCUT2D eigenvalue weighted by Crippen LogP contribution is -2.20. The third kappa shape index (κ3) is 4.60. The summed E-state index contributed by atoms with van der Waals surface area (Å²) in [6.07, 6.45) is 4.96. The Balaban J connectivity index is 1.05. The van der Waals surface area contributed by atoms with Crippen molar-refractivity contribution in [3.05, 3.63) is 169 Å². The maximum absolute atomic E-state index is 5.20. The molecule has 0 unspecified atom stereocenters. The van der Waals surface area contributed by atoms with Crippen LogP contribution < -0.4 is 0 Å². The van der Waals surface area contributed by atoms with Crippen LogP contribution in [0, 0.1) is 0 Å². The monoisotopic (exact) mass is 722 g/mol. The van der Waals surface area contributed by atoms with Gasteiger partial charge in [0.2, 0.25) is 0 Å². The van der Waals surface area contributed by atoms with Crippen molar-refractivity contribution in [2.75, 3.05) is 0 Å². The van der Waals surface area contributed by atoms with Gasteiger partial charge in [-0.25, -0.2) is 15.0 Å². The molecule has 3 aromatic heterocycles. The number of fused-ring (bicyclic) bond motifs is 11. The van der Waals surface area contributed by atoms with E-state index in [1.807, 2.05) is 29.5 Å². The van der Waals surface area contributed by atoms with Crippen LogP contribution >= 0.6 is 11.3 Å². The molecule has 1 fully saturated rings. The highest BCUT2D eigenvalue weighted by molar-refractivity contribution is 7.25. The largest absolute Gasteiger partial charge is 0.309 e. The lowest BCUT2D eigenvalue weighted by atomic mass is 9.76. The predicted molar refractivity (Wildman–Crippen MR) is 228 cm³/mol. The van der Waals surface area contributed by atoms with Crippen molar-refractivity contribution in [2.45, 2.75) is 31.1 Å². The van der Waals surface area contributed by atoms with Gasteiger partial charge in [0.25, 0.3) is 0 Å². The van der Waals surface area contributed by atoms with Gasteiger partial charge >= 0.3 is 0 Å². The Morgan fingerprint density at radius 2 is 1.11 bits per heavy atom. The molecule has 0 radical (unpaired) electrons. The number of aromatic nitrogens is 4. The Labute approximate surface area is 322 Å². The smallest absolute Gasteiger partial charge is 0.164 e. The summed E-state index contributed by atoms with van der Waals surface area (Å²) in [7, 11) is 0. The van der Waals surface area contributed by atoms with Gasteiger partial charge in [-0.1, -0.05) is 128 Å². The van der Waals surface area contributed by atoms with Crippen LogP contribution in [0.5, 0.6) is 0 Å². The zero-order valence-corrected chi connectivity index (χ0v) is 30.9. The standard InChI is InChI=1S/C50H34N4S/c1-2-13-31(14-3-1)47-51-48(53-49(52-47)33-23-24-38-37-19-6-9-22-45(37)55-46(38)28-33)32-15-12-16-34(27-32)54-43-21-8-5-18-36(43)40-29-39-35-17-4-7-20-41(35)50(25-10-11-26-50)42(39)30-44(40)54/h1-9,12-24,27-30H,10-11,25-26H2. The summed E-state index contributed by atoms with van der Waals surface area (Å²) < 4.78 is 4.96. The summed E-state index contributed by atoms with van der Waals surface area (Å²) in [6, 6.07) is 57.2. The number of benzene rings is 7.